The normalized spacial score (nSPS) is 15.4. The Labute approximate surface area is 156 Å². The maximum atomic E-state index is 13.9. The standard InChI is InChI=1S/C20H19ClFN3O/c21-16-7-5-15(6-8-16)20-13-17(23-26-20)14-24-9-11-25(12-10-24)19-4-2-1-3-18(19)22/h1-8,13H,9-12,14H2/p+1. The number of benzene rings is 2. The largest absolute Gasteiger partial charge is 0.358 e. The second kappa shape index (κ2) is 7.48. The van der Waals surface area contributed by atoms with Gasteiger partial charge in [-0.2, -0.15) is 0 Å². The van der Waals surface area contributed by atoms with Gasteiger partial charge in [-0.1, -0.05) is 28.9 Å². The molecule has 1 aliphatic heterocycles. The van der Waals surface area contributed by atoms with E-state index in [0.717, 1.165) is 49.7 Å². The molecule has 1 aromatic heterocycles. The highest BCUT2D eigenvalue weighted by Gasteiger charge is 2.23. The summed E-state index contributed by atoms with van der Waals surface area (Å²) >= 11 is 5.92. The fraction of sp³-hybridized carbons (Fsp3) is 0.250. The van der Waals surface area contributed by atoms with E-state index in [1.54, 1.807) is 6.07 Å². The quantitative estimate of drug-likeness (QED) is 0.764. The van der Waals surface area contributed by atoms with Crippen LogP contribution in [0.5, 0.6) is 0 Å². The van der Waals surface area contributed by atoms with Crippen molar-refractivity contribution in [1.82, 2.24) is 5.16 Å². The van der Waals surface area contributed by atoms with E-state index in [9.17, 15) is 4.39 Å². The molecule has 3 aromatic rings. The minimum absolute atomic E-state index is 0.153. The van der Waals surface area contributed by atoms with Crippen LogP contribution in [0.15, 0.2) is 59.1 Å². The number of aromatic nitrogens is 1. The van der Waals surface area contributed by atoms with Gasteiger partial charge in [-0.05, 0) is 36.4 Å². The van der Waals surface area contributed by atoms with Crippen LogP contribution in [0, 0.1) is 5.82 Å². The van der Waals surface area contributed by atoms with Crippen LogP contribution in [-0.2, 0) is 6.54 Å². The highest BCUT2D eigenvalue weighted by Crippen LogP contribution is 2.22. The topological polar surface area (TPSA) is 33.7 Å². The Kier molecular flexibility index (Phi) is 4.91. The van der Waals surface area contributed by atoms with Crippen molar-refractivity contribution in [2.75, 3.05) is 31.1 Å². The molecule has 4 rings (SSSR count). The fourth-order valence-electron chi connectivity index (χ4n) is 3.35. The van der Waals surface area contributed by atoms with E-state index in [1.165, 1.54) is 11.0 Å². The average molecular weight is 373 g/mol. The summed E-state index contributed by atoms with van der Waals surface area (Å²) in [4.78, 5) is 3.54. The minimum Gasteiger partial charge on any atom is -0.358 e. The van der Waals surface area contributed by atoms with E-state index in [0.29, 0.717) is 10.7 Å². The summed E-state index contributed by atoms with van der Waals surface area (Å²) in [5.41, 5.74) is 2.59. The van der Waals surface area contributed by atoms with Crippen molar-refractivity contribution in [2.45, 2.75) is 6.54 Å². The van der Waals surface area contributed by atoms with E-state index in [1.807, 2.05) is 42.5 Å². The monoisotopic (exact) mass is 372 g/mol. The molecule has 0 aliphatic carbocycles. The maximum Gasteiger partial charge on any atom is 0.167 e. The number of rotatable bonds is 4. The molecule has 0 bridgehead atoms. The highest BCUT2D eigenvalue weighted by molar-refractivity contribution is 6.30. The number of nitrogens with one attached hydrogen (secondary N) is 1. The molecule has 134 valence electrons. The molecular weight excluding hydrogens is 353 g/mol. The lowest BCUT2D eigenvalue weighted by atomic mass is 10.1. The third kappa shape index (κ3) is 3.74. The lowest BCUT2D eigenvalue weighted by molar-refractivity contribution is -0.914. The first-order valence-corrected chi connectivity index (χ1v) is 9.11. The van der Waals surface area contributed by atoms with Crippen LogP contribution in [-0.4, -0.2) is 31.3 Å². The molecule has 0 amide bonds. The van der Waals surface area contributed by atoms with Crippen molar-refractivity contribution in [3.8, 4) is 11.3 Å². The Morgan fingerprint density at radius 1 is 1.08 bits per heavy atom. The third-order valence-corrected chi connectivity index (χ3v) is 5.03. The second-order valence-corrected chi connectivity index (χ2v) is 6.99. The Bertz CT molecular complexity index is 873. The van der Waals surface area contributed by atoms with Gasteiger partial charge in [-0.15, -0.1) is 0 Å². The van der Waals surface area contributed by atoms with Gasteiger partial charge in [0, 0.05) is 16.7 Å². The summed E-state index contributed by atoms with van der Waals surface area (Å²) in [6, 6.07) is 16.5. The van der Waals surface area contributed by atoms with Gasteiger partial charge in [0.1, 0.15) is 18.1 Å². The van der Waals surface area contributed by atoms with Gasteiger partial charge in [-0.25, -0.2) is 4.39 Å². The van der Waals surface area contributed by atoms with E-state index < -0.39 is 0 Å². The number of anilines is 1. The Morgan fingerprint density at radius 3 is 2.54 bits per heavy atom. The zero-order valence-corrected chi connectivity index (χ0v) is 15.0. The molecule has 2 heterocycles. The first kappa shape index (κ1) is 17.1. The predicted molar refractivity (Wildman–Crippen MR) is 100.0 cm³/mol. The molecule has 2 aromatic carbocycles. The van der Waals surface area contributed by atoms with Gasteiger partial charge in [-0.3, -0.25) is 0 Å². The van der Waals surface area contributed by atoms with Gasteiger partial charge in [0.25, 0.3) is 0 Å². The number of quaternary nitrogens is 1. The molecule has 1 fully saturated rings. The molecule has 1 aliphatic rings. The average Bonchev–Trinajstić information content (AvgIpc) is 3.12. The first-order valence-electron chi connectivity index (χ1n) is 8.73. The number of nitrogens with zero attached hydrogens (tertiary/aromatic N) is 2. The number of para-hydroxylation sites is 1. The van der Waals surface area contributed by atoms with Crippen LogP contribution < -0.4 is 9.80 Å². The minimum atomic E-state index is -0.153. The van der Waals surface area contributed by atoms with Crippen LogP contribution >= 0.6 is 11.6 Å². The number of halogens is 2. The Balaban J connectivity index is 1.36. The lowest BCUT2D eigenvalue weighted by Gasteiger charge is -2.33. The maximum absolute atomic E-state index is 13.9. The van der Waals surface area contributed by atoms with Crippen LogP contribution in [0.25, 0.3) is 11.3 Å². The summed E-state index contributed by atoms with van der Waals surface area (Å²) in [7, 11) is 0. The van der Waals surface area contributed by atoms with E-state index in [4.69, 9.17) is 16.1 Å². The molecular formula is C20H20ClFN3O+. The fourth-order valence-corrected chi connectivity index (χ4v) is 3.48. The molecule has 0 saturated carbocycles. The molecule has 26 heavy (non-hydrogen) atoms. The molecule has 0 radical (unpaired) electrons. The molecule has 6 heteroatoms. The van der Waals surface area contributed by atoms with Crippen LogP contribution in [0.2, 0.25) is 5.02 Å². The van der Waals surface area contributed by atoms with E-state index in [2.05, 4.69) is 10.1 Å². The van der Waals surface area contributed by atoms with Crippen LogP contribution in [0.1, 0.15) is 5.69 Å². The van der Waals surface area contributed by atoms with Crippen molar-refractivity contribution in [1.29, 1.82) is 0 Å². The SMILES string of the molecule is Fc1ccccc1N1CC[NH+](Cc2cc(-c3ccc(Cl)cc3)on2)CC1. The van der Waals surface area contributed by atoms with Crippen molar-refractivity contribution >= 4 is 17.3 Å². The molecule has 4 nitrogen and oxygen atoms in total. The second-order valence-electron chi connectivity index (χ2n) is 6.55. The lowest BCUT2D eigenvalue weighted by Crippen LogP contribution is -3.13. The Morgan fingerprint density at radius 2 is 1.81 bits per heavy atom. The van der Waals surface area contributed by atoms with Crippen molar-refractivity contribution in [2.24, 2.45) is 0 Å². The van der Waals surface area contributed by atoms with Gasteiger partial charge in [0.15, 0.2) is 5.76 Å². The molecule has 0 spiro atoms. The summed E-state index contributed by atoms with van der Waals surface area (Å²) in [5.74, 6) is 0.598. The van der Waals surface area contributed by atoms with E-state index in [-0.39, 0.29) is 5.82 Å². The van der Waals surface area contributed by atoms with Gasteiger partial charge >= 0.3 is 0 Å². The van der Waals surface area contributed by atoms with Crippen LogP contribution in [0.3, 0.4) is 0 Å². The van der Waals surface area contributed by atoms with Crippen molar-refractivity contribution in [3.63, 3.8) is 0 Å². The highest BCUT2D eigenvalue weighted by atomic mass is 35.5. The molecule has 1 N–H and O–H groups in total. The zero-order chi connectivity index (χ0) is 17.9. The molecule has 0 unspecified atom stereocenters. The molecule has 1 saturated heterocycles. The smallest absolute Gasteiger partial charge is 0.167 e. The zero-order valence-electron chi connectivity index (χ0n) is 14.3. The summed E-state index contributed by atoms with van der Waals surface area (Å²) in [6.07, 6.45) is 0. The van der Waals surface area contributed by atoms with Crippen molar-refractivity contribution in [3.05, 3.63) is 71.1 Å². The molecule has 0 atom stereocenters. The Hall–Kier alpha value is -2.37. The third-order valence-electron chi connectivity index (χ3n) is 4.78. The summed E-state index contributed by atoms with van der Waals surface area (Å²) in [5, 5.41) is 4.90. The van der Waals surface area contributed by atoms with Gasteiger partial charge in [0.05, 0.1) is 31.9 Å². The first-order chi connectivity index (χ1) is 12.7. The predicted octanol–water partition coefficient (Wildman–Crippen LogP) is 3.04. The van der Waals surface area contributed by atoms with E-state index >= 15 is 0 Å². The summed E-state index contributed by atoms with van der Waals surface area (Å²) in [6.45, 7) is 4.35. The number of piperazine rings is 1. The number of hydrogen-bond acceptors (Lipinski definition) is 3. The number of hydrogen-bond donors (Lipinski definition) is 1. The van der Waals surface area contributed by atoms with Crippen molar-refractivity contribution < 1.29 is 13.8 Å². The van der Waals surface area contributed by atoms with Gasteiger partial charge < -0.3 is 14.3 Å². The van der Waals surface area contributed by atoms with Crippen LogP contribution in [0.4, 0.5) is 10.1 Å². The summed E-state index contributed by atoms with van der Waals surface area (Å²) < 4.78 is 19.4. The van der Waals surface area contributed by atoms with Gasteiger partial charge in [0.2, 0.25) is 0 Å².